The normalized spacial score (nSPS) is 11.2. The van der Waals surface area contributed by atoms with Crippen molar-refractivity contribution < 1.29 is 0 Å². The number of benzene rings is 1. The molecule has 0 radical (unpaired) electrons. The summed E-state index contributed by atoms with van der Waals surface area (Å²) in [6, 6.07) is 12.4. The van der Waals surface area contributed by atoms with Crippen molar-refractivity contribution in [3.8, 4) is 20.9 Å². The maximum Gasteiger partial charge on any atom is 0.114 e. The minimum atomic E-state index is 0.818. The second-order valence-electron chi connectivity index (χ2n) is 4.30. The van der Waals surface area contributed by atoms with Gasteiger partial charge >= 0.3 is 0 Å². The van der Waals surface area contributed by atoms with E-state index >= 15 is 0 Å². The molecule has 0 atom stereocenters. The van der Waals surface area contributed by atoms with Gasteiger partial charge in [0.1, 0.15) is 11.0 Å². The molecule has 0 aliphatic carbocycles. The first kappa shape index (κ1) is 12.0. The summed E-state index contributed by atoms with van der Waals surface area (Å²) in [6.07, 6.45) is 0. The lowest BCUT2D eigenvalue weighted by atomic mass is 10.1. The van der Waals surface area contributed by atoms with Crippen LogP contribution in [-0.4, -0.2) is 8.75 Å². The zero-order valence-corrected chi connectivity index (χ0v) is 12.7. The van der Waals surface area contributed by atoms with E-state index in [-0.39, 0.29) is 0 Å². The van der Waals surface area contributed by atoms with Gasteiger partial charge in [-0.15, -0.1) is 22.7 Å². The van der Waals surface area contributed by atoms with Crippen LogP contribution >= 0.6 is 34.4 Å². The minimum absolute atomic E-state index is 0.818. The summed E-state index contributed by atoms with van der Waals surface area (Å²) in [4.78, 5) is 2.36. The number of anilines is 1. The van der Waals surface area contributed by atoms with Crippen molar-refractivity contribution >= 4 is 50.4 Å². The first-order valence-corrected chi connectivity index (χ1v) is 8.40. The van der Waals surface area contributed by atoms with Crippen LogP contribution in [0.4, 0.5) is 5.00 Å². The fraction of sp³-hybridized carbons (Fsp3) is 0. The van der Waals surface area contributed by atoms with Gasteiger partial charge in [-0.1, -0.05) is 18.2 Å². The molecule has 3 heterocycles. The van der Waals surface area contributed by atoms with Gasteiger partial charge in [0.15, 0.2) is 0 Å². The zero-order chi connectivity index (χ0) is 13.5. The van der Waals surface area contributed by atoms with Gasteiger partial charge in [-0.3, -0.25) is 0 Å². The molecule has 0 unspecified atom stereocenters. The third-order valence-corrected chi connectivity index (χ3v) is 5.47. The van der Waals surface area contributed by atoms with E-state index in [9.17, 15) is 0 Å². The van der Waals surface area contributed by atoms with Gasteiger partial charge in [-0.25, -0.2) is 0 Å². The molecule has 0 aliphatic rings. The van der Waals surface area contributed by atoms with Gasteiger partial charge in [-0.2, -0.15) is 8.75 Å². The van der Waals surface area contributed by atoms with E-state index in [4.69, 9.17) is 5.73 Å². The molecule has 0 fully saturated rings. The van der Waals surface area contributed by atoms with E-state index in [1.807, 2.05) is 12.1 Å². The van der Waals surface area contributed by atoms with Gasteiger partial charge in [-0.05, 0) is 23.6 Å². The molecule has 4 rings (SSSR count). The number of aromatic nitrogens is 2. The molecule has 20 heavy (non-hydrogen) atoms. The lowest BCUT2D eigenvalue weighted by Crippen LogP contribution is -1.81. The smallest absolute Gasteiger partial charge is 0.114 e. The lowest BCUT2D eigenvalue weighted by molar-refractivity contribution is 1.63. The van der Waals surface area contributed by atoms with Crippen LogP contribution in [0, 0.1) is 0 Å². The quantitative estimate of drug-likeness (QED) is 0.582. The summed E-state index contributed by atoms with van der Waals surface area (Å²) in [6.45, 7) is 0. The predicted molar refractivity (Wildman–Crippen MR) is 88.5 cm³/mol. The van der Waals surface area contributed by atoms with Crippen LogP contribution in [-0.2, 0) is 0 Å². The van der Waals surface area contributed by atoms with Crippen LogP contribution in [0.2, 0.25) is 0 Å². The third kappa shape index (κ3) is 1.84. The Balaban J connectivity index is 1.98. The molecular weight excluding hydrogens is 306 g/mol. The van der Waals surface area contributed by atoms with Gasteiger partial charge in [0.2, 0.25) is 0 Å². The van der Waals surface area contributed by atoms with Crippen LogP contribution in [0.5, 0.6) is 0 Å². The van der Waals surface area contributed by atoms with Crippen LogP contribution in [0.25, 0.3) is 31.9 Å². The second kappa shape index (κ2) is 4.66. The molecule has 98 valence electrons. The van der Waals surface area contributed by atoms with Gasteiger partial charge < -0.3 is 5.73 Å². The minimum Gasteiger partial charge on any atom is -0.391 e. The van der Waals surface area contributed by atoms with Crippen molar-refractivity contribution in [1.82, 2.24) is 8.75 Å². The lowest BCUT2D eigenvalue weighted by Gasteiger charge is -2.03. The van der Waals surface area contributed by atoms with E-state index in [2.05, 4.69) is 38.4 Å². The van der Waals surface area contributed by atoms with Gasteiger partial charge in [0.05, 0.1) is 16.7 Å². The maximum atomic E-state index is 5.83. The number of fused-ring (bicyclic) bond motifs is 1. The number of thiophene rings is 2. The summed E-state index contributed by atoms with van der Waals surface area (Å²) < 4.78 is 8.95. The van der Waals surface area contributed by atoms with Crippen molar-refractivity contribution in [3.63, 3.8) is 0 Å². The highest BCUT2D eigenvalue weighted by atomic mass is 32.1. The second-order valence-corrected chi connectivity index (χ2v) is 6.89. The van der Waals surface area contributed by atoms with E-state index in [1.165, 1.54) is 16.6 Å². The number of nitrogen functional groups attached to an aromatic ring is 1. The first-order chi connectivity index (χ1) is 9.83. The van der Waals surface area contributed by atoms with Crippen LogP contribution in [0.3, 0.4) is 0 Å². The summed E-state index contributed by atoms with van der Waals surface area (Å²) in [5.74, 6) is 0. The van der Waals surface area contributed by atoms with Crippen LogP contribution < -0.4 is 5.73 Å². The summed E-state index contributed by atoms with van der Waals surface area (Å²) in [5.41, 5.74) is 10.0. The summed E-state index contributed by atoms with van der Waals surface area (Å²) in [5, 5.41) is 2.90. The third-order valence-electron chi connectivity index (χ3n) is 3.09. The Kier molecular flexibility index (Phi) is 2.80. The number of rotatable bonds is 2. The van der Waals surface area contributed by atoms with E-state index in [1.54, 1.807) is 22.7 Å². The van der Waals surface area contributed by atoms with Crippen molar-refractivity contribution in [1.29, 1.82) is 0 Å². The number of hydrogen-bond acceptors (Lipinski definition) is 6. The maximum absolute atomic E-state index is 5.83. The van der Waals surface area contributed by atoms with E-state index in [0.29, 0.717) is 0 Å². The SMILES string of the molecule is Nc1ccc(-c2ccc(-c3cccs3)c3nsnc23)s1. The standard InChI is InChI=1S/C14H9N3S3/c15-12-6-5-11(19-12)9-4-3-8(10-2-1-7-18-10)13-14(9)17-20-16-13/h1-7H,15H2. The Morgan fingerprint density at radius 1 is 0.850 bits per heavy atom. The molecule has 0 bridgehead atoms. The molecular formula is C14H9N3S3. The fourth-order valence-electron chi connectivity index (χ4n) is 2.19. The molecule has 0 amide bonds. The van der Waals surface area contributed by atoms with Gasteiger partial charge in [0.25, 0.3) is 0 Å². The Labute approximate surface area is 127 Å². The average molecular weight is 315 g/mol. The molecule has 3 nitrogen and oxygen atoms in total. The highest BCUT2D eigenvalue weighted by molar-refractivity contribution is 7.19. The highest BCUT2D eigenvalue weighted by Crippen LogP contribution is 2.38. The summed E-state index contributed by atoms with van der Waals surface area (Å²) in [7, 11) is 0. The molecule has 0 saturated carbocycles. The molecule has 0 aliphatic heterocycles. The number of hydrogen-bond donors (Lipinski definition) is 1. The van der Waals surface area contributed by atoms with Gasteiger partial charge in [0, 0.05) is 20.9 Å². The predicted octanol–water partition coefficient (Wildman–Crippen LogP) is 4.73. The topological polar surface area (TPSA) is 51.8 Å². The first-order valence-electron chi connectivity index (χ1n) is 5.98. The molecule has 1 aromatic carbocycles. The van der Waals surface area contributed by atoms with Crippen molar-refractivity contribution in [2.75, 3.05) is 5.73 Å². The molecule has 6 heteroatoms. The largest absolute Gasteiger partial charge is 0.391 e. The monoisotopic (exact) mass is 315 g/mol. The Morgan fingerprint density at radius 2 is 1.60 bits per heavy atom. The number of nitrogens with zero attached hydrogens (tertiary/aromatic N) is 2. The van der Waals surface area contributed by atoms with Crippen molar-refractivity contribution in [2.24, 2.45) is 0 Å². The van der Waals surface area contributed by atoms with Crippen molar-refractivity contribution in [3.05, 3.63) is 41.8 Å². The molecule has 0 saturated heterocycles. The Bertz CT molecular complexity index is 874. The number of nitrogens with two attached hydrogens (primary N) is 1. The fourth-order valence-corrected chi connectivity index (χ4v) is 4.32. The average Bonchev–Trinajstić information content (AvgIpc) is 3.18. The zero-order valence-electron chi connectivity index (χ0n) is 10.2. The van der Waals surface area contributed by atoms with Crippen LogP contribution in [0.1, 0.15) is 0 Å². The van der Waals surface area contributed by atoms with E-state index < -0.39 is 0 Å². The van der Waals surface area contributed by atoms with Crippen molar-refractivity contribution in [2.45, 2.75) is 0 Å². The molecule has 0 spiro atoms. The molecule has 2 N–H and O–H groups in total. The summed E-state index contributed by atoms with van der Waals surface area (Å²) >= 11 is 4.56. The Hall–Kier alpha value is -1.76. The highest BCUT2D eigenvalue weighted by Gasteiger charge is 2.14. The van der Waals surface area contributed by atoms with Crippen LogP contribution in [0.15, 0.2) is 41.8 Å². The molecule has 3 aromatic heterocycles. The Morgan fingerprint density at radius 3 is 2.20 bits per heavy atom. The molecule has 4 aromatic rings. The van der Waals surface area contributed by atoms with E-state index in [0.717, 1.165) is 32.0 Å².